The summed E-state index contributed by atoms with van der Waals surface area (Å²) in [4.78, 5) is 28.6. The minimum atomic E-state index is -1.08. The number of ketones is 1. The minimum absolute atomic E-state index is 0.0461. The van der Waals surface area contributed by atoms with Crippen LogP contribution in [0.25, 0.3) is 11.0 Å². The summed E-state index contributed by atoms with van der Waals surface area (Å²) in [5, 5.41) is 22.9. The first kappa shape index (κ1) is 26.7. The molecule has 1 unspecified atom stereocenters. The van der Waals surface area contributed by atoms with E-state index >= 15 is 0 Å². The Morgan fingerprint density at radius 2 is 1.67 bits per heavy atom. The number of hydrogen-bond acceptors (Lipinski definition) is 6. The molecule has 1 aliphatic heterocycles. The van der Waals surface area contributed by atoms with Crippen LogP contribution in [0.4, 0.5) is 5.69 Å². The Bertz CT molecular complexity index is 1660. The van der Waals surface area contributed by atoms with E-state index in [4.69, 9.17) is 32.4 Å². The van der Waals surface area contributed by atoms with Gasteiger partial charge in [-0.05, 0) is 46.9 Å². The quantitative estimate of drug-likeness (QED) is 0.242. The monoisotopic (exact) mass is 565 g/mol. The third kappa shape index (κ3) is 4.62. The molecule has 4 aromatic rings. The zero-order valence-corrected chi connectivity index (χ0v) is 23.1. The third-order valence-electron chi connectivity index (χ3n) is 6.73. The molecular formula is C30H25Cl2NO6. The van der Waals surface area contributed by atoms with E-state index in [0.29, 0.717) is 27.3 Å². The minimum Gasteiger partial charge on any atom is -0.506 e. The first-order valence-electron chi connectivity index (χ1n) is 12.1. The van der Waals surface area contributed by atoms with E-state index < -0.39 is 23.5 Å². The van der Waals surface area contributed by atoms with Crippen molar-refractivity contribution in [2.24, 2.45) is 0 Å². The lowest BCUT2D eigenvalue weighted by atomic mass is 9.85. The van der Waals surface area contributed by atoms with Gasteiger partial charge in [0.05, 0.1) is 24.4 Å². The Labute approximate surface area is 234 Å². The highest BCUT2D eigenvalue weighted by atomic mass is 35.5. The lowest BCUT2D eigenvalue weighted by molar-refractivity contribution is -0.117. The summed E-state index contributed by atoms with van der Waals surface area (Å²) in [7, 11) is 1.45. The number of benzene rings is 3. The van der Waals surface area contributed by atoms with Gasteiger partial charge in [0.2, 0.25) is 5.78 Å². The molecule has 5 rings (SSSR count). The summed E-state index contributed by atoms with van der Waals surface area (Å²) in [6.07, 6.45) is 0. The molecule has 1 aliphatic rings. The Hall–Kier alpha value is -3.94. The van der Waals surface area contributed by atoms with Crippen molar-refractivity contribution in [1.82, 2.24) is 0 Å². The Balaban J connectivity index is 1.69. The predicted octanol–water partition coefficient (Wildman–Crippen LogP) is 7.53. The highest BCUT2D eigenvalue weighted by Gasteiger charge is 2.46. The van der Waals surface area contributed by atoms with Crippen LogP contribution in [0.5, 0.6) is 11.5 Å². The van der Waals surface area contributed by atoms with Gasteiger partial charge in [0.25, 0.3) is 5.91 Å². The molecule has 2 heterocycles. The van der Waals surface area contributed by atoms with Gasteiger partial charge in [0, 0.05) is 21.5 Å². The van der Waals surface area contributed by atoms with Crippen LogP contribution in [0.1, 0.15) is 48.5 Å². The Kier molecular flexibility index (Phi) is 6.61. The number of Topliss-reactive ketones (excluding diaryl/α,β-unsaturated/α-hetero) is 1. The lowest BCUT2D eigenvalue weighted by Crippen LogP contribution is -2.31. The molecule has 7 nitrogen and oxygen atoms in total. The molecule has 0 spiro atoms. The molecule has 0 saturated heterocycles. The summed E-state index contributed by atoms with van der Waals surface area (Å²) >= 11 is 12.4. The standard InChI is InChI=1S/C30H25Cl2NO6/c1-30(2,3)17-7-5-15(6-8-17)25-24(27(36)29(37)33(25)20-13-18(31)9-10-21(20)34)26(35)22-12-16-11-19(32)14-23(38-4)28(16)39-22/h5-14,25,34,36H,1-4H3. The third-order valence-corrected chi connectivity index (χ3v) is 7.19. The SMILES string of the molecule is COc1cc(Cl)cc2cc(C(=O)C3=C(O)C(=O)N(c4cc(Cl)ccc4O)C3c3ccc(C(C)(C)C)cc3)oc12. The van der Waals surface area contributed by atoms with Gasteiger partial charge in [-0.1, -0.05) is 68.2 Å². The van der Waals surface area contributed by atoms with Crippen molar-refractivity contribution >= 4 is 51.5 Å². The number of halogens is 2. The summed E-state index contributed by atoms with van der Waals surface area (Å²) in [5.74, 6) is -2.35. The molecule has 0 fully saturated rings. The van der Waals surface area contributed by atoms with E-state index in [1.807, 2.05) is 12.1 Å². The Morgan fingerprint density at radius 1 is 0.974 bits per heavy atom. The van der Waals surface area contributed by atoms with E-state index in [1.165, 1.54) is 31.4 Å². The van der Waals surface area contributed by atoms with E-state index in [9.17, 15) is 19.8 Å². The molecule has 0 radical (unpaired) electrons. The van der Waals surface area contributed by atoms with E-state index in [0.717, 1.165) is 10.5 Å². The molecule has 0 bridgehead atoms. The second-order valence-corrected chi connectivity index (χ2v) is 11.2. The van der Waals surface area contributed by atoms with E-state index in [1.54, 1.807) is 24.3 Å². The van der Waals surface area contributed by atoms with Crippen LogP contribution in [0, 0.1) is 0 Å². The van der Waals surface area contributed by atoms with Gasteiger partial charge in [0.15, 0.2) is 22.9 Å². The van der Waals surface area contributed by atoms with Gasteiger partial charge in [-0.25, -0.2) is 0 Å². The zero-order valence-electron chi connectivity index (χ0n) is 21.6. The molecule has 1 aromatic heterocycles. The number of amides is 1. The zero-order chi connectivity index (χ0) is 28.2. The number of aliphatic hydroxyl groups excluding tert-OH is 1. The average molecular weight is 566 g/mol. The average Bonchev–Trinajstić information content (AvgIpc) is 3.43. The topological polar surface area (TPSA) is 100 Å². The molecule has 1 amide bonds. The number of fused-ring (bicyclic) bond motifs is 1. The highest BCUT2D eigenvalue weighted by molar-refractivity contribution is 6.32. The number of ether oxygens (including phenoxy) is 1. The molecule has 0 saturated carbocycles. The van der Waals surface area contributed by atoms with Gasteiger partial charge in [-0.3, -0.25) is 14.5 Å². The lowest BCUT2D eigenvalue weighted by Gasteiger charge is -2.28. The second kappa shape index (κ2) is 9.67. The molecule has 39 heavy (non-hydrogen) atoms. The van der Waals surface area contributed by atoms with Crippen LogP contribution in [0.3, 0.4) is 0 Å². The number of aliphatic hydroxyl groups is 1. The Morgan fingerprint density at radius 3 is 2.31 bits per heavy atom. The van der Waals surface area contributed by atoms with Crippen molar-refractivity contribution in [1.29, 1.82) is 0 Å². The molecular weight excluding hydrogens is 541 g/mol. The molecule has 9 heteroatoms. The maximum absolute atomic E-state index is 13.9. The number of phenolic OH excluding ortho intramolecular Hbond substituents is 1. The number of phenols is 1. The number of aromatic hydroxyl groups is 1. The number of nitrogens with zero attached hydrogens (tertiary/aromatic N) is 1. The van der Waals surface area contributed by atoms with Gasteiger partial charge < -0.3 is 19.4 Å². The summed E-state index contributed by atoms with van der Waals surface area (Å²) in [6.45, 7) is 6.21. The van der Waals surface area contributed by atoms with Gasteiger partial charge in [-0.15, -0.1) is 0 Å². The van der Waals surface area contributed by atoms with Crippen molar-refractivity contribution in [3.63, 3.8) is 0 Å². The first-order chi connectivity index (χ1) is 18.4. The molecule has 0 aliphatic carbocycles. The second-order valence-electron chi connectivity index (χ2n) is 10.3. The number of hydrogen-bond donors (Lipinski definition) is 2. The summed E-state index contributed by atoms with van der Waals surface area (Å²) in [6, 6.07) is 15.2. The maximum Gasteiger partial charge on any atom is 0.294 e. The van der Waals surface area contributed by atoms with Gasteiger partial charge in [0.1, 0.15) is 5.75 Å². The predicted molar refractivity (Wildman–Crippen MR) is 150 cm³/mol. The maximum atomic E-state index is 13.9. The van der Waals surface area contributed by atoms with E-state index in [-0.39, 0.29) is 33.2 Å². The molecule has 3 aromatic carbocycles. The fourth-order valence-corrected chi connectivity index (χ4v) is 5.12. The number of rotatable bonds is 5. The van der Waals surface area contributed by atoms with Crippen molar-refractivity contribution in [3.05, 3.63) is 98.9 Å². The van der Waals surface area contributed by atoms with Crippen molar-refractivity contribution in [2.45, 2.75) is 32.2 Å². The van der Waals surface area contributed by atoms with Crippen LogP contribution in [0.15, 0.2) is 76.4 Å². The highest BCUT2D eigenvalue weighted by Crippen LogP contribution is 2.46. The molecule has 2 N–H and O–H groups in total. The number of methoxy groups -OCH3 is 1. The largest absolute Gasteiger partial charge is 0.506 e. The fraction of sp³-hybridized carbons (Fsp3) is 0.200. The summed E-state index contributed by atoms with van der Waals surface area (Å²) < 4.78 is 11.2. The van der Waals surface area contributed by atoms with Gasteiger partial charge >= 0.3 is 0 Å². The van der Waals surface area contributed by atoms with Crippen LogP contribution in [0.2, 0.25) is 10.0 Å². The fourth-order valence-electron chi connectivity index (χ4n) is 4.74. The van der Waals surface area contributed by atoms with Crippen molar-refractivity contribution < 1.29 is 29.0 Å². The van der Waals surface area contributed by atoms with Crippen LogP contribution in [-0.2, 0) is 10.2 Å². The van der Waals surface area contributed by atoms with Crippen molar-refractivity contribution in [3.8, 4) is 11.5 Å². The molecule has 1 atom stereocenters. The summed E-state index contributed by atoms with van der Waals surface area (Å²) in [5.41, 5.74) is 1.58. The molecule has 200 valence electrons. The number of furan rings is 1. The van der Waals surface area contributed by atoms with Crippen LogP contribution < -0.4 is 9.64 Å². The van der Waals surface area contributed by atoms with E-state index in [2.05, 4.69) is 20.8 Å². The van der Waals surface area contributed by atoms with Crippen molar-refractivity contribution in [2.75, 3.05) is 12.0 Å². The van der Waals surface area contributed by atoms with Gasteiger partial charge in [-0.2, -0.15) is 0 Å². The van der Waals surface area contributed by atoms with Crippen LogP contribution >= 0.6 is 23.2 Å². The van der Waals surface area contributed by atoms with Crippen LogP contribution in [-0.4, -0.2) is 29.0 Å². The smallest absolute Gasteiger partial charge is 0.294 e. The number of carbonyl (C=O) groups is 2. The first-order valence-corrected chi connectivity index (χ1v) is 12.8. The number of anilines is 1. The number of carbonyl (C=O) groups excluding carboxylic acids is 2. The normalized spacial score (nSPS) is 15.9.